The third-order valence-corrected chi connectivity index (χ3v) is 4.07. The van der Waals surface area contributed by atoms with Gasteiger partial charge in [0, 0.05) is 17.3 Å². The van der Waals surface area contributed by atoms with E-state index in [0.29, 0.717) is 39.6 Å². The molecule has 0 saturated carbocycles. The molecule has 0 aliphatic rings. The molecular weight excluding hydrogens is 340 g/mol. The molecule has 0 unspecified atom stereocenters. The number of nitrogens with one attached hydrogen (secondary N) is 1. The number of pyridine rings is 1. The van der Waals surface area contributed by atoms with Crippen molar-refractivity contribution >= 4 is 17.4 Å². The van der Waals surface area contributed by atoms with Gasteiger partial charge in [-0.05, 0) is 30.7 Å². The van der Waals surface area contributed by atoms with Gasteiger partial charge < -0.3 is 10.2 Å². The molecule has 0 bridgehead atoms. The molecular formula is C17H13ClN6O. The van der Waals surface area contributed by atoms with Crippen LogP contribution in [0.25, 0.3) is 34.3 Å². The zero-order valence-corrected chi connectivity index (χ0v) is 13.9. The van der Waals surface area contributed by atoms with Gasteiger partial charge >= 0.3 is 0 Å². The Morgan fingerprint density at radius 3 is 2.76 bits per heavy atom. The number of aromatic amines is 1. The second-order valence-corrected chi connectivity index (χ2v) is 5.84. The van der Waals surface area contributed by atoms with E-state index >= 15 is 0 Å². The van der Waals surface area contributed by atoms with Crippen molar-refractivity contribution in [1.82, 2.24) is 25.1 Å². The zero-order valence-electron chi connectivity index (χ0n) is 13.2. The number of hydrogen-bond acceptors (Lipinski definition) is 6. The normalized spacial score (nSPS) is 11.0. The summed E-state index contributed by atoms with van der Waals surface area (Å²) in [4.78, 5) is 12.9. The van der Waals surface area contributed by atoms with Gasteiger partial charge in [-0.15, -0.1) is 0 Å². The highest BCUT2D eigenvalue weighted by Gasteiger charge is 2.22. The van der Waals surface area contributed by atoms with Gasteiger partial charge in [-0.25, -0.2) is 15.0 Å². The second-order valence-electron chi connectivity index (χ2n) is 5.43. The second kappa shape index (κ2) is 6.03. The molecule has 0 saturated heterocycles. The van der Waals surface area contributed by atoms with Crippen molar-refractivity contribution in [2.45, 2.75) is 6.92 Å². The van der Waals surface area contributed by atoms with E-state index in [1.54, 1.807) is 18.3 Å². The summed E-state index contributed by atoms with van der Waals surface area (Å²) < 4.78 is 6.06. The summed E-state index contributed by atoms with van der Waals surface area (Å²) in [6.45, 7) is 1.91. The summed E-state index contributed by atoms with van der Waals surface area (Å²) in [6, 6.07) is 9.11. The highest BCUT2D eigenvalue weighted by molar-refractivity contribution is 6.33. The fraction of sp³-hybridized carbons (Fsp3) is 0.0588. The van der Waals surface area contributed by atoms with Crippen LogP contribution in [0.2, 0.25) is 5.02 Å². The molecule has 0 amide bonds. The summed E-state index contributed by atoms with van der Waals surface area (Å²) in [6.07, 6.45) is 3.09. The Bertz CT molecular complexity index is 1040. The van der Waals surface area contributed by atoms with E-state index in [-0.39, 0.29) is 0 Å². The van der Waals surface area contributed by atoms with Crippen LogP contribution in [0.4, 0.5) is 5.82 Å². The quantitative estimate of drug-likeness (QED) is 0.581. The maximum atomic E-state index is 6.34. The van der Waals surface area contributed by atoms with Crippen molar-refractivity contribution in [1.29, 1.82) is 0 Å². The Morgan fingerprint density at radius 2 is 2.00 bits per heavy atom. The van der Waals surface area contributed by atoms with Crippen molar-refractivity contribution in [3.63, 3.8) is 0 Å². The van der Waals surface area contributed by atoms with Crippen LogP contribution in [0.15, 0.2) is 47.3 Å². The molecule has 4 aromatic rings. The Balaban J connectivity index is 1.96. The zero-order chi connectivity index (χ0) is 17.4. The van der Waals surface area contributed by atoms with E-state index in [9.17, 15) is 0 Å². The van der Waals surface area contributed by atoms with Crippen molar-refractivity contribution in [2.75, 3.05) is 5.73 Å². The Labute approximate surface area is 147 Å². The number of halogens is 1. The van der Waals surface area contributed by atoms with Gasteiger partial charge in [0.1, 0.15) is 12.1 Å². The molecule has 124 valence electrons. The fourth-order valence-electron chi connectivity index (χ4n) is 2.51. The third-order valence-electron chi connectivity index (χ3n) is 3.74. The molecule has 8 heteroatoms. The highest BCUT2D eigenvalue weighted by atomic mass is 35.5. The van der Waals surface area contributed by atoms with Crippen LogP contribution in [0.3, 0.4) is 0 Å². The number of nitrogen functional groups attached to an aromatic ring is 1. The lowest BCUT2D eigenvalue weighted by molar-refractivity contribution is 0.588. The molecule has 3 heterocycles. The standard InChI is InChI=1S/C17H13ClN6O/c1-9-7-20-13(19)6-11(9)17-23-14(16-21-8-22-24-16)15(25-17)10-4-2-3-5-12(10)18/h2-8H,1H3,(H2,19,20)(H,21,22,24). The van der Waals surface area contributed by atoms with Gasteiger partial charge in [-0.1, -0.05) is 23.7 Å². The maximum absolute atomic E-state index is 6.34. The van der Waals surface area contributed by atoms with Crippen LogP contribution in [-0.4, -0.2) is 25.1 Å². The largest absolute Gasteiger partial charge is 0.435 e. The molecule has 0 aliphatic carbocycles. The number of oxazole rings is 1. The number of aryl methyl sites for hydroxylation is 1. The van der Waals surface area contributed by atoms with Crippen molar-refractivity contribution in [3.05, 3.63) is 53.4 Å². The lowest BCUT2D eigenvalue weighted by Crippen LogP contribution is -1.93. The van der Waals surface area contributed by atoms with E-state index in [4.69, 9.17) is 21.8 Å². The minimum atomic E-state index is 0.388. The van der Waals surface area contributed by atoms with Crippen LogP contribution in [0.5, 0.6) is 0 Å². The van der Waals surface area contributed by atoms with Gasteiger partial charge in [-0.3, -0.25) is 5.10 Å². The first kappa shape index (κ1) is 15.3. The van der Waals surface area contributed by atoms with Crippen LogP contribution in [0.1, 0.15) is 5.56 Å². The predicted octanol–water partition coefficient (Wildman–Crippen LogP) is 3.73. The molecule has 0 radical (unpaired) electrons. The molecule has 3 aromatic heterocycles. The molecule has 1 aromatic carbocycles. The molecule has 3 N–H and O–H groups in total. The Hall–Kier alpha value is -3.19. The molecule has 7 nitrogen and oxygen atoms in total. The number of nitrogens with zero attached hydrogens (tertiary/aromatic N) is 4. The average Bonchev–Trinajstić information content (AvgIpc) is 3.26. The first-order chi connectivity index (χ1) is 12.1. The van der Waals surface area contributed by atoms with Crippen LogP contribution in [-0.2, 0) is 0 Å². The smallest absolute Gasteiger partial charge is 0.227 e. The van der Waals surface area contributed by atoms with E-state index in [0.717, 1.165) is 11.1 Å². The number of nitrogens with two attached hydrogens (primary N) is 1. The SMILES string of the molecule is Cc1cnc(N)cc1-c1nc(-c2ncn[nH]2)c(-c2ccccc2Cl)o1. The summed E-state index contributed by atoms with van der Waals surface area (Å²) in [5.74, 6) is 1.80. The van der Waals surface area contributed by atoms with Crippen LogP contribution < -0.4 is 5.73 Å². The van der Waals surface area contributed by atoms with Gasteiger partial charge in [-0.2, -0.15) is 5.10 Å². The van der Waals surface area contributed by atoms with Gasteiger partial charge in [0.25, 0.3) is 0 Å². The lowest BCUT2D eigenvalue weighted by atomic mass is 10.1. The van der Waals surface area contributed by atoms with Crippen molar-refractivity contribution in [3.8, 4) is 34.3 Å². The van der Waals surface area contributed by atoms with Gasteiger partial charge in [0.05, 0.1) is 5.02 Å². The number of hydrogen-bond donors (Lipinski definition) is 2. The molecule has 4 rings (SSSR count). The minimum absolute atomic E-state index is 0.388. The van der Waals surface area contributed by atoms with E-state index in [1.165, 1.54) is 6.33 Å². The number of aromatic nitrogens is 5. The monoisotopic (exact) mass is 352 g/mol. The first-order valence-corrected chi connectivity index (χ1v) is 7.85. The summed E-state index contributed by atoms with van der Waals surface area (Å²) in [5.41, 5.74) is 8.70. The third kappa shape index (κ3) is 2.74. The first-order valence-electron chi connectivity index (χ1n) is 7.47. The van der Waals surface area contributed by atoms with Gasteiger partial charge in [0.15, 0.2) is 17.3 Å². The van der Waals surface area contributed by atoms with Gasteiger partial charge in [0.2, 0.25) is 5.89 Å². The minimum Gasteiger partial charge on any atom is -0.435 e. The summed E-state index contributed by atoms with van der Waals surface area (Å²) in [5, 5.41) is 7.25. The van der Waals surface area contributed by atoms with Crippen molar-refractivity contribution in [2.24, 2.45) is 0 Å². The average molecular weight is 353 g/mol. The molecule has 0 atom stereocenters. The lowest BCUT2D eigenvalue weighted by Gasteiger charge is -2.02. The van der Waals surface area contributed by atoms with Crippen molar-refractivity contribution < 1.29 is 4.42 Å². The number of rotatable bonds is 3. The maximum Gasteiger partial charge on any atom is 0.227 e. The Kier molecular flexibility index (Phi) is 3.70. The molecule has 25 heavy (non-hydrogen) atoms. The number of anilines is 1. The molecule has 0 fully saturated rings. The molecule has 0 spiro atoms. The topological polar surface area (TPSA) is 107 Å². The van der Waals surface area contributed by atoms with Crippen LogP contribution >= 0.6 is 11.6 Å². The number of H-pyrrole nitrogens is 1. The molecule has 0 aliphatic heterocycles. The predicted molar refractivity (Wildman–Crippen MR) is 94.7 cm³/mol. The van der Waals surface area contributed by atoms with E-state index in [1.807, 2.05) is 25.1 Å². The Morgan fingerprint density at radius 1 is 1.16 bits per heavy atom. The van der Waals surface area contributed by atoms with E-state index < -0.39 is 0 Å². The highest BCUT2D eigenvalue weighted by Crippen LogP contribution is 2.38. The summed E-state index contributed by atoms with van der Waals surface area (Å²) in [7, 11) is 0. The summed E-state index contributed by atoms with van der Waals surface area (Å²) >= 11 is 6.34. The fourth-order valence-corrected chi connectivity index (χ4v) is 2.74. The van der Waals surface area contributed by atoms with E-state index in [2.05, 4.69) is 25.1 Å². The van der Waals surface area contributed by atoms with Crippen LogP contribution in [0, 0.1) is 6.92 Å². The number of benzene rings is 1.